The van der Waals surface area contributed by atoms with Crippen LogP contribution < -0.4 is 10.1 Å². The number of benzene rings is 3. The predicted octanol–water partition coefficient (Wildman–Crippen LogP) is 5.19. The summed E-state index contributed by atoms with van der Waals surface area (Å²) in [5.74, 6) is 0.139. The molecule has 3 aromatic rings. The van der Waals surface area contributed by atoms with Crippen molar-refractivity contribution in [1.29, 1.82) is 0 Å². The van der Waals surface area contributed by atoms with Gasteiger partial charge >= 0.3 is 0 Å². The number of hydrogen-bond acceptors (Lipinski definition) is 3. The fourth-order valence-corrected chi connectivity index (χ4v) is 2.58. The van der Waals surface area contributed by atoms with E-state index >= 15 is 0 Å². The van der Waals surface area contributed by atoms with Gasteiger partial charge in [0.05, 0.1) is 11.3 Å². The predicted molar refractivity (Wildman–Crippen MR) is 103 cm³/mol. The van der Waals surface area contributed by atoms with Crippen molar-refractivity contribution in [1.82, 2.24) is 0 Å². The number of amides is 1. The van der Waals surface area contributed by atoms with Gasteiger partial charge in [-0.1, -0.05) is 41.9 Å². The Morgan fingerprint density at radius 2 is 1.81 bits per heavy atom. The molecule has 3 aromatic carbocycles. The first-order valence-corrected chi connectivity index (χ1v) is 8.48. The molecule has 0 saturated carbocycles. The van der Waals surface area contributed by atoms with E-state index in [4.69, 9.17) is 16.3 Å². The van der Waals surface area contributed by atoms with Crippen LogP contribution >= 0.6 is 11.6 Å². The summed E-state index contributed by atoms with van der Waals surface area (Å²) in [6.45, 7) is 2.18. The van der Waals surface area contributed by atoms with Gasteiger partial charge < -0.3 is 15.2 Å². The molecule has 1 amide bonds. The van der Waals surface area contributed by atoms with Crippen LogP contribution in [0.25, 0.3) is 0 Å². The second-order valence-corrected chi connectivity index (χ2v) is 6.32. The number of para-hydroxylation sites is 1. The third-order valence-electron chi connectivity index (χ3n) is 3.84. The molecule has 26 heavy (non-hydrogen) atoms. The van der Waals surface area contributed by atoms with Crippen LogP contribution in [-0.2, 0) is 6.61 Å². The van der Waals surface area contributed by atoms with Crippen molar-refractivity contribution in [3.05, 3.63) is 88.4 Å². The minimum absolute atomic E-state index is 0.0258. The lowest BCUT2D eigenvalue weighted by molar-refractivity contribution is 0.102. The molecule has 0 unspecified atom stereocenters. The highest BCUT2D eigenvalue weighted by Gasteiger charge is 2.14. The maximum absolute atomic E-state index is 12.6. The van der Waals surface area contributed by atoms with Crippen LogP contribution in [0.3, 0.4) is 0 Å². The first-order chi connectivity index (χ1) is 12.5. The second kappa shape index (κ2) is 7.93. The number of aryl methyl sites for hydroxylation is 1. The number of rotatable bonds is 5. The first kappa shape index (κ1) is 17.8. The van der Waals surface area contributed by atoms with Crippen LogP contribution in [0.15, 0.2) is 66.7 Å². The Morgan fingerprint density at radius 3 is 2.54 bits per heavy atom. The molecular formula is C21H18ClNO3. The Kier molecular flexibility index (Phi) is 5.44. The second-order valence-electron chi connectivity index (χ2n) is 5.89. The summed E-state index contributed by atoms with van der Waals surface area (Å²) in [4.78, 5) is 12.6. The molecule has 0 aromatic heterocycles. The molecule has 132 valence electrons. The number of phenolic OH excluding ortho intramolecular Hbond substituents is 1. The topological polar surface area (TPSA) is 58.6 Å². The summed E-state index contributed by atoms with van der Waals surface area (Å²) in [5, 5.41) is 13.3. The minimum Gasteiger partial charge on any atom is -0.506 e. The zero-order chi connectivity index (χ0) is 18.5. The number of hydrogen-bond donors (Lipinski definition) is 2. The SMILES string of the molecule is Cc1ccc(NC(=O)c2ccccc2OCc2ccc(Cl)cc2)c(O)c1. The number of anilines is 1. The van der Waals surface area contributed by atoms with Gasteiger partial charge in [-0.15, -0.1) is 0 Å². The van der Waals surface area contributed by atoms with Crippen molar-refractivity contribution in [2.45, 2.75) is 13.5 Å². The van der Waals surface area contributed by atoms with Gasteiger partial charge in [0.25, 0.3) is 5.91 Å². The average molecular weight is 368 g/mol. The monoisotopic (exact) mass is 367 g/mol. The van der Waals surface area contributed by atoms with Gasteiger partial charge in [0.15, 0.2) is 0 Å². The summed E-state index contributed by atoms with van der Waals surface area (Å²) in [6, 6.07) is 19.4. The van der Waals surface area contributed by atoms with E-state index in [0.717, 1.165) is 11.1 Å². The van der Waals surface area contributed by atoms with E-state index in [1.165, 1.54) is 0 Å². The van der Waals surface area contributed by atoms with Crippen LogP contribution in [0.5, 0.6) is 11.5 Å². The van der Waals surface area contributed by atoms with E-state index in [2.05, 4.69) is 5.32 Å². The molecule has 0 atom stereocenters. The van der Waals surface area contributed by atoms with E-state index in [1.54, 1.807) is 48.5 Å². The highest BCUT2D eigenvalue weighted by Crippen LogP contribution is 2.26. The molecule has 5 heteroatoms. The van der Waals surface area contributed by atoms with Gasteiger partial charge in [-0.2, -0.15) is 0 Å². The fourth-order valence-electron chi connectivity index (χ4n) is 2.46. The summed E-state index contributed by atoms with van der Waals surface area (Å²) in [6.07, 6.45) is 0. The third kappa shape index (κ3) is 4.35. The van der Waals surface area contributed by atoms with E-state index < -0.39 is 0 Å². The van der Waals surface area contributed by atoms with Crippen LogP contribution in [0.1, 0.15) is 21.5 Å². The number of halogens is 1. The van der Waals surface area contributed by atoms with E-state index in [1.807, 2.05) is 25.1 Å². The van der Waals surface area contributed by atoms with Crippen LogP contribution in [0, 0.1) is 6.92 Å². The van der Waals surface area contributed by atoms with Crippen LogP contribution in [-0.4, -0.2) is 11.0 Å². The summed E-state index contributed by atoms with van der Waals surface area (Å²) < 4.78 is 5.80. The Morgan fingerprint density at radius 1 is 1.08 bits per heavy atom. The van der Waals surface area contributed by atoms with Gasteiger partial charge in [0.1, 0.15) is 18.1 Å². The summed E-state index contributed by atoms with van der Waals surface area (Å²) in [5.41, 5.74) is 2.60. The zero-order valence-corrected chi connectivity index (χ0v) is 15.0. The molecule has 0 radical (unpaired) electrons. The van der Waals surface area contributed by atoms with Gasteiger partial charge in [-0.05, 0) is 54.4 Å². The van der Waals surface area contributed by atoms with Crippen LogP contribution in [0.4, 0.5) is 5.69 Å². The largest absolute Gasteiger partial charge is 0.506 e. The minimum atomic E-state index is -0.351. The van der Waals surface area contributed by atoms with Crippen molar-refractivity contribution in [2.75, 3.05) is 5.32 Å². The van der Waals surface area contributed by atoms with Crippen molar-refractivity contribution in [2.24, 2.45) is 0 Å². The van der Waals surface area contributed by atoms with E-state index in [0.29, 0.717) is 28.6 Å². The van der Waals surface area contributed by atoms with E-state index in [-0.39, 0.29) is 11.7 Å². The number of ether oxygens (including phenoxy) is 1. The van der Waals surface area contributed by atoms with Gasteiger partial charge in [0, 0.05) is 5.02 Å². The van der Waals surface area contributed by atoms with Gasteiger partial charge in [0.2, 0.25) is 0 Å². The standard InChI is InChI=1S/C21H18ClNO3/c1-14-6-11-18(19(24)12-14)23-21(25)17-4-2-3-5-20(17)26-13-15-7-9-16(22)10-8-15/h2-12,24H,13H2,1H3,(H,23,25). The Hall–Kier alpha value is -2.98. The Balaban J connectivity index is 1.75. The van der Waals surface area contributed by atoms with Crippen molar-refractivity contribution < 1.29 is 14.6 Å². The maximum atomic E-state index is 12.6. The molecule has 0 aliphatic heterocycles. The fraction of sp³-hybridized carbons (Fsp3) is 0.0952. The Bertz CT molecular complexity index is 923. The number of aromatic hydroxyl groups is 1. The Labute approximate surface area is 157 Å². The molecule has 0 bridgehead atoms. The van der Waals surface area contributed by atoms with Crippen molar-refractivity contribution >= 4 is 23.2 Å². The number of carbonyl (C=O) groups excluding carboxylic acids is 1. The van der Waals surface area contributed by atoms with E-state index in [9.17, 15) is 9.90 Å². The number of nitrogens with one attached hydrogen (secondary N) is 1. The molecule has 2 N–H and O–H groups in total. The molecule has 0 aliphatic carbocycles. The number of phenols is 1. The quantitative estimate of drug-likeness (QED) is 0.610. The molecule has 3 rings (SSSR count). The molecule has 0 saturated heterocycles. The third-order valence-corrected chi connectivity index (χ3v) is 4.09. The lowest BCUT2D eigenvalue weighted by atomic mass is 10.1. The van der Waals surface area contributed by atoms with Gasteiger partial charge in [-0.3, -0.25) is 4.79 Å². The zero-order valence-electron chi connectivity index (χ0n) is 14.2. The maximum Gasteiger partial charge on any atom is 0.259 e. The molecule has 0 heterocycles. The smallest absolute Gasteiger partial charge is 0.259 e. The number of carbonyl (C=O) groups is 1. The molecule has 0 aliphatic rings. The molecule has 0 spiro atoms. The lowest BCUT2D eigenvalue weighted by Crippen LogP contribution is -2.13. The first-order valence-electron chi connectivity index (χ1n) is 8.10. The molecule has 0 fully saturated rings. The molecular weight excluding hydrogens is 350 g/mol. The highest BCUT2D eigenvalue weighted by atomic mass is 35.5. The summed E-state index contributed by atoms with van der Waals surface area (Å²) >= 11 is 5.88. The summed E-state index contributed by atoms with van der Waals surface area (Å²) in [7, 11) is 0. The van der Waals surface area contributed by atoms with Crippen molar-refractivity contribution in [3.63, 3.8) is 0 Å². The average Bonchev–Trinajstić information content (AvgIpc) is 2.64. The highest BCUT2D eigenvalue weighted by molar-refractivity contribution is 6.30. The lowest BCUT2D eigenvalue weighted by Gasteiger charge is -2.13. The normalized spacial score (nSPS) is 10.4. The van der Waals surface area contributed by atoms with Gasteiger partial charge in [-0.25, -0.2) is 0 Å². The molecule has 4 nitrogen and oxygen atoms in total. The van der Waals surface area contributed by atoms with Crippen LogP contribution in [0.2, 0.25) is 5.02 Å². The van der Waals surface area contributed by atoms with Crippen molar-refractivity contribution in [3.8, 4) is 11.5 Å².